The molecule has 4 heteroatoms. The third-order valence-electron chi connectivity index (χ3n) is 5.02. The smallest absolute Gasteiger partial charge is 0.224 e. The average molecular weight is 281 g/mol. The number of carbonyl (C=O) groups is 1. The number of nitrogens with two attached hydrogens (primary N) is 1. The summed E-state index contributed by atoms with van der Waals surface area (Å²) in [5, 5.41) is 0. The first-order chi connectivity index (χ1) is 9.76. The number of hydrogen-bond acceptors (Lipinski definition) is 3. The summed E-state index contributed by atoms with van der Waals surface area (Å²) < 4.78 is 0. The van der Waals surface area contributed by atoms with Gasteiger partial charge >= 0.3 is 0 Å². The molecule has 0 aromatic heterocycles. The van der Waals surface area contributed by atoms with Crippen molar-refractivity contribution in [3.05, 3.63) is 0 Å². The van der Waals surface area contributed by atoms with Gasteiger partial charge in [-0.15, -0.1) is 0 Å². The second kappa shape index (κ2) is 7.99. The molecule has 0 radical (unpaired) electrons. The summed E-state index contributed by atoms with van der Waals surface area (Å²) >= 11 is 0. The number of amides is 1. The minimum atomic E-state index is 0.234. The molecule has 0 bridgehead atoms. The van der Waals surface area contributed by atoms with Gasteiger partial charge in [-0.2, -0.15) is 0 Å². The number of nitrogens with zero attached hydrogens (tertiary/aromatic N) is 2. The third kappa shape index (κ3) is 3.95. The molecule has 2 rings (SSSR count). The second-order valence-electron chi connectivity index (χ2n) is 6.30. The van der Waals surface area contributed by atoms with Gasteiger partial charge in [0.1, 0.15) is 0 Å². The summed E-state index contributed by atoms with van der Waals surface area (Å²) in [7, 11) is 0. The molecule has 2 N–H and O–H groups in total. The third-order valence-corrected chi connectivity index (χ3v) is 5.02. The molecule has 1 amide bonds. The topological polar surface area (TPSA) is 49.6 Å². The Balaban J connectivity index is 1.90. The number of likely N-dealkylation sites (tertiary alicyclic amines) is 1. The lowest BCUT2D eigenvalue weighted by Gasteiger charge is -2.36. The fraction of sp³-hybridized carbons (Fsp3) is 0.938. The number of carbonyl (C=O) groups excluding carboxylic acids is 1. The minimum Gasteiger partial charge on any atom is -0.343 e. The lowest BCUT2D eigenvalue weighted by Crippen LogP contribution is -2.49. The zero-order chi connectivity index (χ0) is 14.4. The van der Waals surface area contributed by atoms with Crippen LogP contribution in [0.4, 0.5) is 0 Å². The first-order valence-corrected chi connectivity index (χ1v) is 8.49. The van der Waals surface area contributed by atoms with Crippen molar-refractivity contribution >= 4 is 5.91 Å². The van der Waals surface area contributed by atoms with Gasteiger partial charge in [-0.3, -0.25) is 9.69 Å². The van der Waals surface area contributed by atoms with Crippen LogP contribution in [0.3, 0.4) is 0 Å². The molecule has 1 aliphatic heterocycles. The molecule has 20 heavy (non-hydrogen) atoms. The Labute approximate surface area is 123 Å². The van der Waals surface area contributed by atoms with Gasteiger partial charge in [0.25, 0.3) is 0 Å². The highest BCUT2D eigenvalue weighted by Gasteiger charge is 2.29. The highest BCUT2D eigenvalue weighted by atomic mass is 16.2. The standard InChI is InChI=1S/C16H31N3O/c1-2-19(14-8-4-5-9-14)15(13-17)12-16(20)18-10-6-3-7-11-18/h14-15H,2-13,17H2,1H3. The van der Waals surface area contributed by atoms with Crippen LogP contribution >= 0.6 is 0 Å². The zero-order valence-corrected chi connectivity index (χ0v) is 13.0. The molecule has 0 aromatic carbocycles. The SMILES string of the molecule is CCN(C1CCCC1)C(CN)CC(=O)N1CCCCC1. The quantitative estimate of drug-likeness (QED) is 0.810. The second-order valence-corrected chi connectivity index (χ2v) is 6.30. The molecule has 4 nitrogen and oxygen atoms in total. The summed E-state index contributed by atoms with van der Waals surface area (Å²) in [4.78, 5) is 17.0. The van der Waals surface area contributed by atoms with Crippen LogP contribution in [-0.2, 0) is 4.79 Å². The van der Waals surface area contributed by atoms with Crippen LogP contribution in [0.1, 0.15) is 58.3 Å². The minimum absolute atomic E-state index is 0.234. The monoisotopic (exact) mass is 281 g/mol. The Kier molecular flexibility index (Phi) is 6.30. The maximum absolute atomic E-state index is 12.4. The van der Waals surface area contributed by atoms with Crippen LogP contribution in [-0.4, -0.2) is 54.0 Å². The van der Waals surface area contributed by atoms with E-state index in [0.29, 0.717) is 24.9 Å². The first kappa shape index (κ1) is 15.8. The summed E-state index contributed by atoms with van der Waals surface area (Å²) in [6.07, 6.45) is 9.44. The molecule has 2 fully saturated rings. The highest BCUT2D eigenvalue weighted by Crippen LogP contribution is 2.26. The van der Waals surface area contributed by atoms with Crippen LogP contribution in [0.2, 0.25) is 0 Å². The Morgan fingerprint density at radius 3 is 2.40 bits per heavy atom. The van der Waals surface area contributed by atoms with Crippen molar-refractivity contribution in [2.24, 2.45) is 5.73 Å². The van der Waals surface area contributed by atoms with Crippen molar-refractivity contribution in [1.82, 2.24) is 9.80 Å². The lowest BCUT2D eigenvalue weighted by molar-refractivity contribution is -0.133. The Hall–Kier alpha value is -0.610. The van der Waals surface area contributed by atoms with Crippen LogP contribution in [0, 0.1) is 0 Å². The molecule has 1 saturated carbocycles. The Morgan fingerprint density at radius 1 is 1.20 bits per heavy atom. The van der Waals surface area contributed by atoms with Crippen LogP contribution < -0.4 is 5.73 Å². The van der Waals surface area contributed by atoms with E-state index in [-0.39, 0.29) is 6.04 Å². The highest BCUT2D eigenvalue weighted by molar-refractivity contribution is 5.77. The van der Waals surface area contributed by atoms with Gasteiger partial charge in [0, 0.05) is 38.1 Å². The summed E-state index contributed by atoms with van der Waals surface area (Å²) in [5.41, 5.74) is 5.98. The fourth-order valence-corrected chi connectivity index (χ4v) is 3.86. The maximum Gasteiger partial charge on any atom is 0.224 e. The van der Waals surface area contributed by atoms with Crippen LogP contribution in [0.15, 0.2) is 0 Å². The van der Waals surface area contributed by atoms with E-state index in [0.717, 1.165) is 19.6 Å². The maximum atomic E-state index is 12.4. The van der Waals surface area contributed by atoms with E-state index in [9.17, 15) is 4.79 Å². The number of piperidine rings is 1. The summed E-state index contributed by atoms with van der Waals surface area (Å²) in [6, 6.07) is 0.889. The van der Waals surface area contributed by atoms with Crippen molar-refractivity contribution in [3.8, 4) is 0 Å². The number of rotatable bonds is 6. The van der Waals surface area contributed by atoms with Crippen molar-refractivity contribution in [2.75, 3.05) is 26.2 Å². The van der Waals surface area contributed by atoms with E-state index in [1.165, 1.54) is 44.9 Å². The molecule has 116 valence electrons. The Morgan fingerprint density at radius 2 is 1.85 bits per heavy atom. The van der Waals surface area contributed by atoms with E-state index in [1.54, 1.807) is 0 Å². The predicted molar refractivity (Wildman–Crippen MR) is 82.5 cm³/mol. The zero-order valence-electron chi connectivity index (χ0n) is 13.0. The largest absolute Gasteiger partial charge is 0.343 e. The van der Waals surface area contributed by atoms with Gasteiger partial charge < -0.3 is 10.6 Å². The van der Waals surface area contributed by atoms with Crippen molar-refractivity contribution in [2.45, 2.75) is 70.4 Å². The van der Waals surface area contributed by atoms with Crippen LogP contribution in [0.5, 0.6) is 0 Å². The van der Waals surface area contributed by atoms with E-state index in [2.05, 4.69) is 16.7 Å². The molecule has 1 unspecified atom stereocenters. The normalized spacial score (nSPS) is 22.4. The molecule has 1 aliphatic carbocycles. The molecular formula is C16H31N3O. The van der Waals surface area contributed by atoms with E-state index in [1.807, 2.05) is 0 Å². The molecule has 0 spiro atoms. The van der Waals surface area contributed by atoms with Gasteiger partial charge in [-0.1, -0.05) is 19.8 Å². The van der Waals surface area contributed by atoms with Gasteiger partial charge in [0.05, 0.1) is 0 Å². The fourth-order valence-electron chi connectivity index (χ4n) is 3.86. The number of hydrogen-bond donors (Lipinski definition) is 1. The lowest BCUT2D eigenvalue weighted by atomic mass is 10.1. The van der Waals surface area contributed by atoms with Gasteiger partial charge in [-0.25, -0.2) is 0 Å². The predicted octanol–water partition coefficient (Wildman–Crippen LogP) is 1.98. The van der Waals surface area contributed by atoms with Crippen molar-refractivity contribution in [3.63, 3.8) is 0 Å². The molecule has 1 atom stereocenters. The first-order valence-electron chi connectivity index (χ1n) is 8.49. The number of likely N-dealkylation sites (N-methyl/N-ethyl adjacent to an activating group) is 1. The van der Waals surface area contributed by atoms with Crippen molar-refractivity contribution < 1.29 is 4.79 Å². The molecule has 1 saturated heterocycles. The van der Waals surface area contributed by atoms with E-state index < -0.39 is 0 Å². The average Bonchev–Trinajstić information content (AvgIpc) is 3.01. The van der Waals surface area contributed by atoms with Crippen molar-refractivity contribution in [1.29, 1.82) is 0 Å². The molecule has 1 heterocycles. The Bertz CT molecular complexity index is 296. The van der Waals surface area contributed by atoms with E-state index in [4.69, 9.17) is 5.73 Å². The van der Waals surface area contributed by atoms with E-state index >= 15 is 0 Å². The van der Waals surface area contributed by atoms with Gasteiger partial charge in [0.15, 0.2) is 0 Å². The summed E-state index contributed by atoms with van der Waals surface area (Å²) in [6.45, 7) is 5.72. The molecule has 2 aliphatic rings. The van der Waals surface area contributed by atoms with Crippen LogP contribution in [0.25, 0.3) is 0 Å². The molecular weight excluding hydrogens is 250 g/mol. The summed E-state index contributed by atoms with van der Waals surface area (Å²) in [5.74, 6) is 0.316. The van der Waals surface area contributed by atoms with Gasteiger partial charge in [-0.05, 0) is 38.6 Å². The van der Waals surface area contributed by atoms with Gasteiger partial charge in [0.2, 0.25) is 5.91 Å². The molecule has 0 aromatic rings.